The predicted molar refractivity (Wildman–Crippen MR) is 99.3 cm³/mol. The van der Waals surface area contributed by atoms with E-state index in [2.05, 4.69) is 34.5 Å². The van der Waals surface area contributed by atoms with Crippen molar-refractivity contribution in [1.29, 1.82) is 0 Å². The Balaban J connectivity index is 1.38. The number of aromatic nitrogens is 4. The first-order chi connectivity index (χ1) is 12.7. The van der Waals surface area contributed by atoms with E-state index in [0.717, 1.165) is 37.4 Å². The van der Waals surface area contributed by atoms with Gasteiger partial charge in [-0.25, -0.2) is 0 Å². The van der Waals surface area contributed by atoms with Gasteiger partial charge in [-0.3, -0.25) is 4.79 Å². The molecule has 2 heterocycles. The Morgan fingerprint density at radius 3 is 2.65 bits per heavy atom. The Kier molecular flexibility index (Phi) is 5.00. The van der Waals surface area contributed by atoms with Crippen LogP contribution in [-0.4, -0.2) is 44.1 Å². The van der Waals surface area contributed by atoms with Gasteiger partial charge in [-0.2, -0.15) is 4.80 Å². The number of hydrogen-bond acceptors (Lipinski definition) is 4. The fourth-order valence-corrected chi connectivity index (χ4v) is 4.36. The number of benzene rings is 1. The van der Waals surface area contributed by atoms with Crippen LogP contribution >= 0.6 is 0 Å². The summed E-state index contributed by atoms with van der Waals surface area (Å²) in [5, 5.41) is 12.6. The highest BCUT2D eigenvalue weighted by Gasteiger charge is 2.33. The van der Waals surface area contributed by atoms with E-state index in [9.17, 15) is 4.79 Å². The minimum Gasteiger partial charge on any atom is -0.341 e. The minimum atomic E-state index is 0.110. The van der Waals surface area contributed by atoms with Crippen LogP contribution < -0.4 is 0 Å². The van der Waals surface area contributed by atoms with Gasteiger partial charge in [0, 0.05) is 18.7 Å². The number of carbonyl (C=O) groups excluding carboxylic acids is 1. The second-order valence-corrected chi connectivity index (χ2v) is 7.63. The molecule has 138 valence electrons. The summed E-state index contributed by atoms with van der Waals surface area (Å²) in [5.74, 6) is 2.21. The van der Waals surface area contributed by atoms with Crippen LogP contribution in [0.1, 0.15) is 44.6 Å². The Bertz CT molecular complexity index is 754. The van der Waals surface area contributed by atoms with Crippen LogP contribution in [0.2, 0.25) is 0 Å². The molecule has 0 unspecified atom stereocenters. The summed E-state index contributed by atoms with van der Waals surface area (Å²) in [6.45, 7) is 4.09. The summed E-state index contributed by atoms with van der Waals surface area (Å²) >= 11 is 0. The summed E-state index contributed by atoms with van der Waals surface area (Å²) in [5.41, 5.74) is 2.21. The number of fused-ring (bicyclic) bond motifs is 1. The van der Waals surface area contributed by atoms with Gasteiger partial charge in [0.1, 0.15) is 6.54 Å². The van der Waals surface area contributed by atoms with E-state index in [-0.39, 0.29) is 12.5 Å². The van der Waals surface area contributed by atoms with Crippen molar-refractivity contribution in [1.82, 2.24) is 25.1 Å². The molecule has 1 saturated heterocycles. The first kappa shape index (κ1) is 17.2. The van der Waals surface area contributed by atoms with Crippen molar-refractivity contribution in [3.05, 3.63) is 29.8 Å². The van der Waals surface area contributed by atoms with Crippen LogP contribution in [0.25, 0.3) is 11.4 Å². The largest absolute Gasteiger partial charge is 0.341 e. The van der Waals surface area contributed by atoms with Gasteiger partial charge in [-0.05, 0) is 41.9 Å². The van der Waals surface area contributed by atoms with Crippen LogP contribution in [0.15, 0.2) is 24.3 Å². The Hall–Kier alpha value is -2.24. The molecule has 0 N–H and O–H groups in total. The van der Waals surface area contributed by atoms with Crippen LogP contribution in [0.4, 0.5) is 0 Å². The number of amides is 1. The summed E-state index contributed by atoms with van der Waals surface area (Å²) in [4.78, 5) is 16.1. The zero-order chi connectivity index (χ0) is 17.9. The van der Waals surface area contributed by atoms with Crippen LogP contribution in [0.5, 0.6) is 0 Å². The molecule has 2 atom stereocenters. The molecule has 26 heavy (non-hydrogen) atoms. The monoisotopic (exact) mass is 353 g/mol. The Labute approximate surface area is 154 Å². The van der Waals surface area contributed by atoms with Crippen LogP contribution in [0.3, 0.4) is 0 Å². The molecule has 1 amide bonds. The first-order valence-electron chi connectivity index (χ1n) is 9.88. The SMILES string of the molecule is CCc1ccc(-c2nnn(CC(=O)N3CC[C@@H]4CCCC[C@@H]4C3)n2)cc1. The summed E-state index contributed by atoms with van der Waals surface area (Å²) in [6, 6.07) is 8.18. The number of nitrogens with zero attached hydrogens (tertiary/aromatic N) is 5. The van der Waals surface area contributed by atoms with E-state index in [0.29, 0.717) is 11.7 Å². The summed E-state index contributed by atoms with van der Waals surface area (Å²) < 4.78 is 0. The van der Waals surface area contributed by atoms with E-state index >= 15 is 0 Å². The number of aryl methyl sites for hydroxylation is 1. The van der Waals surface area contributed by atoms with Crippen LogP contribution in [0, 0.1) is 11.8 Å². The van der Waals surface area contributed by atoms with Crippen molar-refractivity contribution in [2.24, 2.45) is 11.8 Å². The number of piperidine rings is 1. The maximum absolute atomic E-state index is 12.7. The minimum absolute atomic E-state index is 0.110. The van der Waals surface area contributed by atoms with Gasteiger partial charge >= 0.3 is 0 Å². The molecular weight excluding hydrogens is 326 g/mol. The highest BCUT2D eigenvalue weighted by atomic mass is 16.2. The zero-order valence-electron chi connectivity index (χ0n) is 15.5. The fourth-order valence-electron chi connectivity index (χ4n) is 4.36. The van der Waals surface area contributed by atoms with Gasteiger partial charge in [0.05, 0.1) is 0 Å². The van der Waals surface area contributed by atoms with Crippen LogP contribution in [-0.2, 0) is 17.8 Å². The highest BCUT2D eigenvalue weighted by molar-refractivity contribution is 5.76. The Morgan fingerprint density at radius 2 is 1.88 bits per heavy atom. The molecule has 1 aliphatic heterocycles. The van der Waals surface area contributed by atoms with Gasteiger partial charge in [-0.15, -0.1) is 10.2 Å². The third-order valence-electron chi connectivity index (χ3n) is 5.99. The molecule has 0 spiro atoms. The van der Waals surface area contributed by atoms with Crippen molar-refractivity contribution in [2.45, 2.75) is 52.0 Å². The Morgan fingerprint density at radius 1 is 1.12 bits per heavy atom. The lowest BCUT2D eigenvalue weighted by atomic mass is 9.75. The molecule has 6 nitrogen and oxygen atoms in total. The fraction of sp³-hybridized carbons (Fsp3) is 0.600. The van der Waals surface area contributed by atoms with E-state index in [1.807, 2.05) is 17.0 Å². The molecular formula is C20H27N5O. The van der Waals surface area contributed by atoms with Crippen molar-refractivity contribution in [3.8, 4) is 11.4 Å². The van der Waals surface area contributed by atoms with Gasteiger partial charge in [0.25, 0.3) is 0 Å². The summed E-state index contributed by atoms with van der Waals surface area (Å²) in [6.07, 6.45) is 7.45. The quantitative estimate of drug-likeness (QED) is 0.848. The van der Waals surface area contributed by atoms with Crippen molar-refractivity contribution in [2.75, 3.05) is 13.1 Å². The number of hydrogen-bond donors (Lipinski definition) is 0. The smallest absolute Gasteiger partial charge is 0.246 e. The maximum Gasteiger partial charge on any atom is 0.246 e. The summed E-state index contributed by atoms with van der Waals surface area (Å²) in [7, 11) is 0. The molecule has 4 rings (SSSR count). The average molecular weight is 353 g/mol. The average Bonchev–Trinajstić information content (AvgIpc) is 3.16. The van der Waals surface area contributed by atoms with E-state index in [1.54, 1.807) is 0 Å². The molecule has 1 aromatic heterocycles. The van der Waals surface area contributed by atoms with Gasteiger partial charge < -0.3 is 4.90 Å². The number of likely N-dealkylation sites (tertiary alicyclic amines) is 1. The lowest BCUT2D eigenvalue weighted by Gasteiger charge is -2.41. The van der Waals surface area contributed by atoms with Gasteiger partial charge in [0.15, 0.2) is 0 Å². The zero-order valence-corrected chi connectivity index (χ0v) is 15.5. The van der Waals surface area contributed by atoms with Crippen molar-refractivity contribution >= 4 is 5.91 Å². The third kappa shape index (κ3) is 3.64. The van der Waals surface area contributed by atoms with Crippen molar-refractivity contribution in [3.63, 3.8) is 0 Å². The number of tetrazole rings is 1. The maximum atomic E-state index is 12.7. The lowest BCUT2D eigenvalue weighted by Crippen LogP contribution is -2.46. The topological polar surface area (TPSA) is 63.9 Å². The van der Waals surface area contributed by atoms with Crippen molar-refractivity contribution < 1.29 is 4.79 Å². The number of carbonyl (C=O) groups is 1. The van der Waals surface area contributed by atoms with Gasteiger partial charge in [-0.1, -0.05) is 50.5 Å². The normalized spacial score (nSPS) is 22.9. The molecule has 1 aliphatic carbocycles. The molecule has 2 fully saturated rings. The molecule has 1 aromatic carbocycles. The lowest BCUT2D eigenvalue weighted by molar-refractivity contribution is -0.135. The van der Waals surface area contributed by atoms with E-state index < -0.39 is 0 Å². The standard InChI is InChI=1S/C20H27N5O/c1-2-15-7-9-17(10-8-15)20-21-23-25(22-20)14-19(26)24-12-11-16-5-3-4-6-18(16)13-24/h7-10,16,18H,2-6,11-14H2,1H3/t16-,18+/m0/s1. The first-order valence-corrected chi connectivity index (χ1v) is 9.88. The second kappa shape index (κ2) is 7.56. The van der Waals surface area contributed by atoms with E-state index in [4.69, 9.17) is 0 Å². The molecule has 0 bridgehead atoms. The third-order valence-corrected chi connectivity index (χ3v) is 5.99. The highest BCUT2D eigenvalue weighted by Crippen LogP contribution is 2.36. The van der Waals surface area contributed by atoms with Gasteiger partial charge in [0.2, 0.25) is 11.7 Å². The predicted octanol–water partition coefficient (Wildman–Crippen LogP) is 2.94. The molecule has 0 radical (unpaired) electrons. The molecule has 2 aliphatic rings. The molecule has 2 aromatic rings. The van der Waals surface area contributed by atoms with E-state index in [1.165, 1.54) is 36.0 Å². The molecule has 6 heteroatoms. The number of rotatable bonds is 4. The molecule has 1 saturated carbocycles. The second-order valence-electron chi connectivity index (χ2n) is 7.63.